The molecule has 5 nitrogen and oxygen atoms in total. The first kappa shape index (κ1) is 14.1. The largest absolute Gasteiger partial charge is 0.320 e. The first-order valence-electron chi connectivity index (χ1n) is 6.06. The summed E-state index contributed by atoms with van der Waals surface area (Å²) in [6.07, 6.45) is 4.73. The van der Waals surface area contributed by atoms with Crippen LogP contribution in [0.1, 0.15) is 44.5 Å². The van der Waals surface area contributed by atoms with Crippen LogP contribution in [0.4, 0.5) is 5.13 Å². The van der Waals surface area contributed by atoms with Gasteiger partial charge in [-0.3, -0.25) is 10.1 Å². The van der Waals surface area contributed by atoms with Gasteiger partial charge >= 0.3 is 0 Å². The molecule has 1 atom stereocenters. The average molecular weight is 256 g/mol. The summed E-state index contributed by atoms with van der Waals surface area (Å²) in [4.78, 5) is 11.6. The molecular formula is C11H20N4OS. The van der Waals surface area contributed by atoms with Crippen LogP contribution >= 0.6 is 11.3 Å². The van der Waals surface area contributed by atoms with E-state index in [4.69, 9.17) is 5.73 Å². The van der Waals surface area contributed by atoms with Gasteiger partial charge in [-0.05, 0) is 12.8 Å². The molecule has 1 aromatic heterocycles. The molecule has 6 heteroatoms. The Bertz CT molecular complexity index is 353. The van der Waals surface area contributed by atoms with Gasteiger partial charge in [-0.15, -0.1) is 10.2 Å². The fraction of sp³-hybridized carbons (Fsp3) is 0.727. The van der Waals surface area contributed by atoms with Gasteiger partial charge in [-0.2, -0.15) is 0 Å². The summed E-state index contributed by atoms with van der Waals surface area (Å²) in [5, 5.41) is 12.2. The highest BCUT2D eigenvalue weighted by Crippen LogP contribution is 2.17. The number of hydrogen-bond acceptors (Lipinski definition) is 5. The lowest BCUT2D eigenvalue weighted by Crippen LogP contribution is -2.35. The fourth-order valence-corrected chi connectivity index (χ4v) is 2.16. The van der Waals surface area contributed by atoms with E-state index in [1.807, 2.05) is 6.92 Å². The maximum Gasteiger partial charge on any atom is 0.243 e. The lowest BCUT2D eigenvalue weighted by Gasteiger charge is -2.08. The van der Waals surface area contributed by atoms with E-state index in [-0.39, 0.29) is 5.91 Å². The molecule has 3 N–H and O–H groups in total. The minimum Gasteiger partial charge on any atom is -0.320 e. The predicted octanol–water partition coefficient (Wildman–Crippen LogP) is 1.95. The number of hydrogen-bond donors (Lipinski definition) is 2. The Labute approximate surface area is 106 Å². The summed E-state index contributed by atoms with van der Waals surface area (Å²) in [5.74, 6) is -0.176. The molecule has 0 aromatic carbocycles. The Morgan fingerprint density at radius 3 is 2.82 bits per heavy atom. The number of aromatic nitrogens is 2. The van der Waals surface area contributed by atoms with E-state index in [1.54, 1.807) is 0 Å². The number of nitrogens with one attached hydrogen (secondary N) is 1. The highest BCUT2D eigenvalue weighted by molar-refractivity contribution is 7.15. The van der Waals surface area contributed by atoms with E-state index < -0.39 is 6.04 Å². The normalized spacial score (nSPS) is 12.4. The second-order valence-corrected chi connectivity index (χ2v) is 5.05. The number of nitrogens with two attached hydrogens (primary N) is 1. The number of aryl methyl sites for hydroxylation is 1. The molecule has 1 rings (SSSR count). The second kappa shape index (κ2) is 7.34. The van der Waals surface area contributed by atoms with E-state index in [2.05, 4.69) is 22.4 Å². The molecule has 1 heterocycles. The lowest BCUT2D eigenvalue weighted by molar-refractivity contribution is -0.117. The Balaban J connectivity index is 2.45. The minimum absolute atomic E-state index is 0.176. The van der Waals surface area contributed by atoms with E-state index in [9.17, 15) is 4.79 Å². The highest BCUT2D eigenvalue weighted by Gasteiger charge is 2.14. The summed E-state index contributed by atoms with van der Waals surface area (Å²) in [6.45, 7) is 4.13. The third-order valence-corrected chi connectivity index (χ3v) is 3.28. The average Bonchev–Trinajstić information content (AvgIpc) is 2.74. The molecule has 0 aliphatic rings. The van der Waals surface area contributed by atoms with Gasteiger partial charge in [0.05, 0.1) is 6.04 Å². The molecule has 0 fully saturated rings. The smallest absolute Gasteiger partial charge is 0.243 e. The molecule has 1 aromatic rings. The van der Waals surface area contributed by atoms with Crippen LogP contribution < -0.4 is 11.1 Å². The maximum atomic E-state index is 11.6. The Morgan fingerprint density at radius 2 is 2.18 bits per heavy atom. The summed E-state index contributed by atoms with van der Waals surface area (Å²) >= 11 is 1.43. The van der Waals surface area contributed by atoms with Crippen LogP contribution in [-0.4, -0.2) is 22.1 Å². The molecule has 1 unspecified atom stereocenters. The number of anilines is 1. The molecule has 0 spiro atoms. The standard InChI is InChI=1S/C11H20N4OS/c1-3-5-7-9-14-15-11(17-9)13-10(16)8(12)6-4-2/h8H,3-7,12H2,1-2H3,(H,13,15,16). The van der Waals surface area contributed by atoms with E-state index >= 15 is 0 Å². The number of carbonyl (C=O) groups is 1. The van der Waals surface area contributed by atoms with Crippen LogP contribution in [0, 0.1) is 0 Å². The van der Waals surface area contributed by atoms with Gasteiger partial charge < -0.3 is 5.73 Å². The van der Waals surface area contributed by atoms with Crippen LogP contribution in [0.15, 0.2) is 0 Å². The maximum absolute atomic E-state index is 11.6. The van der Waals surface area contributed by atoms with Crippen molar-refractivity contribution in [1.29, 1.82) is 0 Å². The molecular weight excluding hydrogens is 236 g/mol. The second-order valence-electron chi connectivity index (χ2n) is 3.99. The van der Waals surface area contributed by atoms with Crippen LogP contribution in [0.3, 0.4) is 0 Å². The van der Waals surface area contributed by atoms with Crippen LogP contribution in [-0.2, 0) is 11.2 Å². The molecule has 1 amide bonds. The van der Waals surface area contributed by atoms with Crippen LogP contribution in [0.2, 0.25) is 0 Å². The van der Waals surface area contributed by atoms with Gasteiger partial charge in [0.2, 0.25) is 11.0 Å². The fourth-order valence-electron chi connectivity index (χ4n) is 1.37. The molecule has 0 saturated heterocycles. The Hall–Kier alpha value is -1.01. The topological polar surface area (TPSA) is 80.9 Å². The quantitative estimate of drug-likeness (QED) is 0.781. The first-order valence-corrected chi connectivity index (χ1v) is 6.87. The number of carbonyl (C=O) groups excluding carboxylic acids is 1. The molecule has 0 saturated carbocycles. The summed E-state index contributed by atoms with van der Waals surface area (Å²) in [6, 6.07) is -0.456. The van der Waals surface area contributed by atoms with E-state index in [0.29, 0.717) is 11.6 Å². The molecule has 0 aliphatic heterocycles. The third kappa shape index (κ3) is 4.79. The zero-order chi connectivity index (χ0) is 12.7. The van der Waals surface area contributed by atoms with Gasteiger partial charge in [-0.1, -0.05) is 38.0 Å². The van der Waals surface area contributed by atoms with Crippen molar-refractivity contribution >= 4 is 22.4 Å². The van der Waals surface area contributed by atoms with E-state index in [1.165, 1.54) is 11.3 Å². The van der Waals surface area contributed by atoms with Crippen molar-refractivity contribution in [2.24, 2.45) is 5.73 Å². The SMILES string of the molecule is CCCCc1nnc(NC(=O)C(N)CCC)s1. The molecule has 0 radical (unpaired) electrons. The van der Waals surface area contributed by atoms with Crippen molar-refractivity contribution < 1.29 is 4.79 Å². The monoisotopic (exact) mass is 256 g/mol. The number of amides is 1. The number of nitrogens with zero attached hydrogens (tertiary/aromatic N) is 2. The Morgan fingerprint density at radius 1 is 1.41 bits per heavy atom. The highest BCUT2D eigenvalue weighted by atomic mass is 32.1. The first-order chi connectivity index (χ1) is 8.17. The van der Waals surface area contributed by atoms with Gasteiger partial charge in [-0.25, -0.2) is 0 Å². The van der Waals surface area contributed by atoms with Crippen molar-refractivity contribution in [1.82, 2.24) is 10.2 Å². The number of unbranched alkanes of at least 4 members (excludes halogenated alkanes) is 1. The predicted molar refractivity (Wildman–Crippen MR) is 70.0 cm³/mol. The van der Waals surface area contributed by atoms with Crippen LogP contribution in [0.5, 0.6) is 0 Å². The Kier molecular flexibility index (Phi) is 6.07. The van der Waals surface area contributed by atoms with E-state index in [0.717, 1.165) is 30.7 Å². The van der Waals surface area contributed by atoms with Crippen molar-refractivity contribution in [2.45, 2.75) is 52.0 Å². The van der Waals surface area contributed by atoms with Gasteiger partial charge in [0, 0.05) is 6.42 Å². The molecule has 0 aliphatic carbocycles. The lowest BCUT2D eigenvalue weighted by atomic mass is 10.2. The van der Waals surface area contributed by atoms with Crippen molar-refractivity contribution in [3.8, 4) is 0 Å². The van der Waals surface area contributed by atoms with Crippen molar-refractivity contribution in [3.63, 3.8) is 0 Å². The van der Waals surface area contributed by atoms with Gasteiger partial charge in [0.15, 0.2) is 0 Å². The summed E-state index contributed by atoms with van der Waals surface area (Å²) in [5.41, 5.74) is 5.71. The molecule has 96 valence electrons. The summed E-state index contributed by atoms with van der Waals surface area (Å²) < 4.78 is 0. The number of rotatable bonds is 7. The van der Waals surface area contributed by atoms with Gasteiger partial charge in [0.1, 0.15) is 5.01 Å². The zero-order valence-electron chi connectivity index (χ0n) is 10.4. The minimum atomic E-state index is -0.456. The van der Waals surface area contributed by atoms with Crippen molar-refractivity contribution in [3.05, 3.63) is 5.01 Å². The third-order valence-electron chi connectivity index (χ3n) is 2.38. The van der Waals surface area contributed by atoms with Gasteiger partial charge in [0.25, 0.3) is 0 Å². The summed E-state index contributed by atoms with van der Waals surface area (Å²) in [7, 11) is 0. The molecule has 0 bridgehead atoms. The van der Waals surface area contributed by atoms with Crippen molar-refractivity contribution in [2.75, 3.05) is 5.32 Å². The zero-order valence-corrected chi connectivity index (χ0v) is 11.2. The van der Waals surface area contributed by atoms with Crippen LogP contribution in [0.25, 0.3) is 0 Å². The molecule has 17 heavy (non-hydrogen) atoms.